The van der Waals surface area contributed by atoms with Crippen molar-refractivity contribution < 1.29 is 9.90 Å². The fourth-order valence-corrected chi connectivity index (χ4v) is 3.19. The predicted octanol–water partition coefficient (Wildman–Crippen LogP) is 3.26. The lowest BCUT2D eigenvalue weighted by Crippen LogP contribution is -2.38. The molecule has 2 heterocycles. The normalized spacial score (nSPS) is 17.8. The predicted molar refractivity (Wildman–Crippen MR) is 80.2 cm³/mol. The van der Waals surface area contributed by atoms with Crippen LogP contribution in [0.3, 0.4) is 0 Å². The number of carboxylic acids is 1. The summed E-state index contributed by atoms with van der Waals surface area (Å²) in [6, 6.07) is 3.87. The summed E-state index contributed by atoms with van der Waals surface area (Å²) in [4.78, 5) is 13.7. The van der Waals surface area contributed by atoms with Crippen molar-refractivity contribution in [2.45, 2.75) is 45.6 Å². The van der Waals surface area contributed by atoms with Gasteiger partial charge >= 0.3 is 5.97 Å². The van der Waals surface area contributed by atoms with Crippen molar-refractivity contribution in [3.05, 3.63) is 24.0 Å². The van der Waals surface area contributed by atoms with Crippen LogP contribution in [-0.4, -0.2) is 40.2 Å². The van der Waals surface area contributed by atoms with Crippen LogP contribution in [0.5, 0.6) is 0 Å². The third-order valence-electron chi connectivity index (χ3n) is 4.62. The molecule has 1 fully saturated rings. The quantitative estimate of drug-likeness (QED) is 0.868. The van der Waals surface area contributed by atoms with Crippen LogP contribution in [0.4, 0.5) is 0 Å². The third-order valence-corrected chi connectivity index (χ3v) is 4.62. The van der Waals surface area contributed by atoms with Crippen LogP contribution in [0.15, 0.2) is 18.3 Å². The molecule has 0 radical (unpaired) electrons. The highest BCUT2D eigenvalue weighted by atomic mass is 16.4. The van der Waals surface area contributed by atoms with Gasteiger partial charge in [-0.2, -0.15) is 0 Å². The maximum atomic E-state index is 11.2. The number of piperidine rings is 1. The Bertz CT molecular complexity index is 429. The Labute approximate surface area is 121 Å². The summed E-state index contributed by atoms with van der Waals surface area (Å²) in [5.41, 5.74) is 0.420. The van der Waals surface area contributed by atoms with Crippen molar-refractivity contribution in [2.24, 2.45) is 5.92 Å². The molecule has 1 aromatic heterocycles. The first-order valence-corrected chi connectivity index (χ1v) is 7.78. The van der Waals surface area contributed by atoms with Crippen molar-refractivity contribution in [3.8, 4) is 0 Å². The molecule has 1 aliphatic rings. The van der Waals surface area contributed by atoms with Gasteiger partial charge in [0.1, 0.15) is 5.69 Å². The molecule has 20 heavy (non-hydrogen) atoms. The molecule has 0 bridgehead atoms. The van der Waals surface area contributed by atoms with E-state index in [1.54, 1.807) is 6.07 Å². The molecule has 1 aromatic rings. The number of carboxylic acid groups (broad SMARTS) is 1. The summed E-state index contributed by atoms with van der Waals surface area (Å²) < 4.78 is 1.94. The van der Waals surface area contributed by atoms with E-state index in [2.05, 4.69) is 18.7 Å². The summed E-state index contributed by atoms with van der Waals surface area (Å²) >= 11 is 0. The lowest BCUT2D eigenvalue weighted by Gasteiger charge is -2.35. The van der Waals surface area contributed by atoms with Gasteiger partial charge in [-0.15, -0.1) is 0 Å². The van der Waals surface area contributed by atoms with Gasteiger partial charge in [0.05, 0.1) is 0 Å². The van der Waals surface area contributed by atoms with Crippen LogP contribution in [0.25, 0.3) is 0 Å². The van der Waals surface area contributed by atoms with Crippen LogP contribution in [0.2, 0.25) is 0 Å². The van der Waals surface area contributed by atoms with Gasteiger partial charge in [0.2, 0.25) is 0 Å². The van der Waals surface area contributed by atoms with Crippen LogP contribution in [-0.2, 0) is 0 Å². The fourth-order valence-electron chi connectivity index (χ4n) is 3.19. The number of likely N-dealkylation sites (tertiary alicyclic amines) is 1. The van der Waals surface area contributed by atoms with Gasteiger partial charge in [-0.25, -0.2) is 4.79 Å². The SMILES string of the molecule is CCC(CC)CN1CCC(n2cccc2C(=O)O)CC1. The average Bonchev–Trinajstić information content (AvgIpc) is 2.95. The molecule has 4 heteroatoms. The smallest absolute Gasteiger partial charge is 0.352 e. The number of nitrogens with zero attached hydrogens (tertiary/aromatic N) is 2. The van der Waals surface area contributed by atoms with E-state index in [1.807, 2.05) is 16.8 Å². The molecule has 0 spiro atoms. The van der Waals surface area contributed by atoms with E-state index < -0.39 is 5.97 Å². The monoisotopic (exact) mass is 278 g/mol. The van der Waals surface area contributed by atoms with Crippen LogP contribution in [0.1, 0.15) is 56.1 Å². The molecular weight excluding hydrogens is 252 g/mol. The number of rotatable bonds is 6. The second-order valence-electron chi connectivity index (χ2n) is 5.82. The molecule has 0 amide bonds. The maximum absolute atomic E-state index is 11.2. The minimum Gasteiger partial charge on any atom is -0.477 e. The molecular formula is C16H26N2O2. The van der Waals surface area contributed by atoms with Gasteiger partial charge in [-0.3, -0.25) is 0 Å². The fraction of sp³-hybridized carbons (Fsp3) is 0.688. The molecule has 0 unspecified atom stereocenters. The number of aromatic nitrogens is 1. The first-order valence-electron chi connectivity index (χ1n) is 7.78. The standard InChI is InChI=1S/C16H26N2O2/c1-3-13(4-2)12-17-10-7-14(8-11-17)18-9-5-6-15(18)16(19)20/h5-6,9,13-14H,3-4,7-8,10-12H2,1-2H3,(H,19,20). The number of carbonyl (C=O) groups is 1. The van der Waals surface area contributed by atoms with Gasteiger partial charge in [-0.05, 0) is 30.9 Å². The van der Waals surface area contributed by atoms with Crippen molar-refractivity contribution in [1.29, 1.82) is 0 Å². The van der Waals surface area contributed by atoms with Gasteiger partial charge in [0.25, 0.3) is 0 Å². The third kappa shape index (κ3) is 3.42. The number of aromatic carboxylic acids is 1. The molecule has 4 nitrogen and oxygen atoms in total. The zero-order valence-electron chi connectivity index (χ0n) is 12.6. The minimum atomic E-state index is -0.825. The van der Waals surface area contributed by atoms with Crippen LogP contribution in [0, 0.1) is 5.92 Å². The first-order chi connectivity index (χ1) is 9.65. The molecule has 0 atom stereocenters. The van der Waals surface area contributed by atoms with Crippen molar-refractivity contribution in [2.75, 3.05) is 19.6 Å². The lowest BCUT2D eigenvalue weighted by molar-refractivity contribution is 0.0677. The van der Waals surface area contributed by atoms with Crippen LogP contribution < -0.4 is 0 Å². The highest BCUT2D eigenvalue weighted by molar-refractivity contribution is 5.85. The molecule has 2 rings (SSSR count). The highest BCUT2D eigenvalue weighted by Crippen LogP contribution is 2.25. The Morgan fingerprint density at radius 1 is 1.35 bits per heavy atom. The summed E-state index contributed by atoms with van der Waals surface area (Å²) in [5.74, 6) is -0.0258. The first kappa shape index (κ1) is 15.1. The van der Waals surface area contributed by atoms with E-state index in [0.717, 1.165) is 31.8 Å². The summed E-state index contributed by atoms with van der Waals surface area (Å²) in [6.07, 6.45) is 6.50. The van der Waals surface area contributed by atoms with Crippen molar-refractivity contribution in [1.82, 2.24) is 9.47 Å². The molecule has 1 N–H and O–H groups in total. The van der Waals surface area contributed by atoms with E-state index in [1.165, 1.54) is 19.4 Å². The average molecular weight is 278 g/mol. The molecule has 0 saturated carbocycles. The maximum Gasteiger partial charge on any atom is 0.352 e. The van der Waals surface area contributed by atoms with E-state index in [0.29, 0.717) is 11.7 Å². The zero-order chi connectivity index (χ0) is 14.5. The van der Waals surface area contributed by atoms with Crippen molar-refractivity contribution in [3.63, 3.8) is 0 Å². The summed E-state index contributed by atoms with van der Waals surface area (Å²) in [5, 5.41) is 9.19. The highest BCUT2D eigenvalue weighted by Gasteiger charge is 2.24. The second-order valence-corrected chi connectivity index (χ2v) is 5.82. The minimum absolute atomic E-state index is 0.342. The Morgan fingerprint density at radius 2 is 2.00 bits per heavy atom. The Morgan fingerprint density at radius 3 is 2.55 bits per heavy atom. The van der Waals surface area contributed by atoms with E-state index >= 15 is 0 Å². The van der Waals surface area contributed by atoms with Crippen molar-refractivity contribution >= 4 is 5.97 Å². The lowest BCUT2D eigenvalue weighted by atomic mass is 9.99. The topological polar surface area (TPSA) is 45.5 Å². The number of hydrogen-bond acceptors (Lipinski definition) is 2. The Hall–Kier alpha value is -1.29. The van der Waals surface area contributed by atoms with Gasteiger partial charge in [0.15, 0.2) is 0 Å². The van der Waals surface area contributed by atoms with Gasteiger partial charge < -0.3 is 14.6 Å². The molecule has 0 aromatic carbocycles. The van der Waals surface area contributed by atoms with E-state index in [4.69, 9.17) is 0 Å². The van der Waals surface area contributed by atoms with E-state index in [9.17, 15) is 9.90 Å². The summed E-state index contributed by atoms with van der Waals surface area (Å²) in [7, 11) is 0. The molecule has 1 saturated heterocycles. The van der Waals surface area contributed by atoms with Gasteiger partial charge in [-0.1, -0.05) is 26.7 Å². The van der Waals surface area contributed by atoms with Crippen LogP contribution >= 0.6 is 0 Å². The molecule has 1 aliphatic heterocycles. The zero-order valence-corrected chi connectivity index (χ0v) is 12.6. The summed E-state index contributed by atoms with van der Waals surface area (Å²) in [6.45, 7) is 7.88. The van der Waals surface area contributed by atoms with Gasteiger partial charge in [0, 0.05) is 31.9 Å². The molecule has 112 valence electrons. The largest absolute Gasteiger partial charge is 0.477 e. The Kier molecular flexibility index (Phi) is 5.24. The van der Waals surface area contributed by atoms with E-state index in [-0.39, 0.29) is 0 Å². The Balaban J connectivity index is 1.91. The second kappa shape index (κ2) is 6.93. The molecule has 0 aliphatic carbocycles. The number of hydrogen-bond donors (Lipinski definition) is 1.